The summed E-state index contributed by atoms with van der Waals surface area (Å²) < 4.78 is 1.31. The molecule has 0 bridgehead atoms. The zero-order valence-corrected chi connectivity index (χ0v) is 12.6. The highest BCUT2D eigenvalue weighted by molar-refractivity contribution is 7.16. The average Bonchev–Trinajstić information content (AvgIpc) is 3.13. The summed E-state index contributed by atoms with van der Waals surface area (Å²) in [7, 11) is 0. The van der Waals surface area contributed by atoms with Crippen molar-refractivity contribution in [2.45, 2.75) is 19.8 Å². The molecule has 0 aliphatic heterocycles. The Morgan fingerprint density at radius 3 is 2.95 bits per heavy atom. The van der Waals surface area contributed by atoms with Crippen LogP contribution in [0.25, 0.3) is 16.1 Å². The number of benzene rings is 1. The van der Waals surface area contributed by atoms with Crippen LogP contribution in [0.3, 0.4) is 0 Å². The molecule has 0 saturated heterocycles. The van der Waals surface area contributed by atoms with Crippen molar-refractivity contribution in [3.8, 4) is 0 Å². The third kappa shape index (κ3) is 2.08. The number of rotatable bonds is 3. The van der Waals surface area contributed by atoms with Crippen molar-refractivity contribution < 1.29 is 0 Å². The molecule has 1 aromatic carbocycles. The number of hydrogen-bond acceptors (Lipinski definition) is 6. The third-order valence-corrected chi connectivity index (χ3v) is 4.57. The van der Waals surface area contributed by atoms with Gasteiger partial charge in [-0.15, -0.1) is 10.2 Å². The van der Waals surface area contributed by atoms with E-state index in [-0.39, 0.29) is 11.1 Å². The lowest BCUT2D eigenvalue weighted by Crippen LogP contribution is -2.15. The van der Waals surface area contributed by atoms with Gasteiger partial charge in [0.1, 0.15) is 5.01 Å². The topological polar surface area (TPSA) is 88.8 Å². The summed E-state index contributed by atoms with van der Waals surface area (Å²) in [5, 5.41) is 15.3. The van der Waals surface area contributed by atoms with Crippen LogP contribution in [0, 0.1) is 6.92 Å². The van der Waals surface area contributed by atoms with Crippen molar-refractivity contribution in [1.29, 1.82) is 0 Å². The third-order valence-electron chi connectivity index (χ3n) is 3.60. The molecule has 0 spiro atoms. The van der Waals surface area contributed by atoms with Crippen LogP contribution in [0.5, 0.6) is 0 Å². The van der Waals surface area contributed by atoms with E-state index >= 15 is 0 Å². The molecular formula is C14H12N6OS. The van der Waals surface area contributed by atoms with Gasteiger partial charge in [0.2, 0.25) is 10.6 Å². The second-order valence-electron chi connectivity index (χ2n) is 5.03. The van der Waals surface area contributed by atoms with E-state index in [1.54, 1.807) is 0 Å². The standard InChI is InChI=1S/C14H12N6OS/c1-8-4-2-3-5-9(8)6-7-10-18-20-13(21)11-12(17-19-16-11)15-14(20)22-10/h2-5H,6-7H2,1H3,(H,16,17,19). The maximum atomic E-state index is 12.2. The normalized spacial score (nSPS) is 11.5. The Kier molecular flexibility index (Phi) is 2.97. The van der Waals surface area contributed by atoms with Crippen molar-refractivity contribution in [3.63, 3.8) is 0 Å². The number of aryl methyl sites for hydroxylation is 3. The minimum atomic E-state index is -0.285. The molecule has 0 aliphatic rings. The Bertz CT molecular complexity index is 1030. The fourth-order valence-electron chi connectivity index (χ4n) is 2.40. The van der Waals surface area contributed by atoms with Crippen molar-refractivity contribution in [1.82, 2.24) is 30.0 Å². The number of nitrogens with one attached hydrogen (secondary N) is 1. The maximum Gasteiger partial charge on any atom is 0.305 e. The van der Waals surface area contributed by atoms with Crippen molar-refractivity contribution in [2.75, 3.05) is 0 Å². The molecule has 0 fully saturated rings. The molecule has 110 valence electrons. The predicted octanol–water partition coefficient (Wildman–Crippen LogP) is 1.52. The Morgan fingerprint density at radius 1 is 1.23 bits per heavy atom. The van der Waals surface area contributed by atoms with E-state index in [4.69, 9.17) is 0 Å². The first-order valence-corrected chi connectivity index (χ1v) is 7.68. The average molecular weight is 312 g/mol. The highest BCUT2D eigenvalue weighted by Crippen LogP contribution is 2.16. The van der Waals surface area contributed by atoms with E-state index in [0.29, 0.717) is 10.6 Å². The van der Waals surface area contributed by atoms with Crippen molar-refractivity contribution in [2.24, 2.45) is 0 Å². The van der Waals surface area contributed by atoms with Crippen molar-refractivity contribution in [3.05, 3.63) is 50.8 Å². The first-order valence-electron chi connectivity index (χ1n) is 6.86. The number of H-pyrrole nitrogens is 1. The van der Waals surface area contributed by atoms with E-state index in [0.717, 1.165) is 17.8 Å². The smallest absolute Gasteiger partial charge is 0.265 e. The fraction of sp³-hybridized carbons (Fsp3) is 0.214. The Balaban J connectivity index is 1.70. The minimum absolute atomic E-state index is 0.216. The van der Waals surface area contributed by atoms with Gasteiger partial charge in [-0.2, -0.15) is 19.8 Å². The van der Waals surface area contributed by atoms with Gasteiger partial charge in [-0.05, 0) is 24.5 Å². The van der Waals surface area contributed by atoms with E-state index in [2.05, 4.69) is 44.5 Å². The predicted molar refractivity (Wildman–Crippen MR) is 83.2 cm³/mol. The van der Waals surface area contributed by atoms with Crippen LogP contribution in [0.1, 0.15) is 16.1 Å². The van der Waals surface area contributed by atoms with Gasteiger partial charge in [-0.25, -0.2) is 0 Å². The Hall–Kier alpha value is -2.61. The first kappa shape index (κ1) is 13.1. The molecule has 0 aliphatic carbocycles. The maximum absolute atomic E-state index is 12.2. The SMILES string of the molecule is Cc1ccccc1CCc1nn2c(=O)c3n[nH]nc3nc2s1. The second kappa shape index (κ2) is 4.99. The molecule has 0 amide bonds. The summed E-state index contributed by atoms with van der Waals surface area (Å²) in [5.41, 5.74) is 2.82. The second-order valence-corrected chi connectivity index (χ2v) is 6.07. The van der Waals surface area contributed by atoms with Gasteiger partial charge >= 0.3 is 5.56 Å². The number of aromatic nitrogens is 6. The summed E-state index contributed by atoms with van der Waals surface area (Å²) in [6, 6.07) is 8.28. The number of aromatic amines is 1. The van der Waals surface area contributed by atoms with Gasteiger partial charge in [-0.3, -0.25) is 4.79 Å². The molecular weight excluding hydrogens is 300 g/mol. The van der Waals surface area contributed by atoms with Crippen LogP contribution in [0.2, 0.25) is 0 Å². The lowest BCUT2D eigenvalue weighted by atomic mass is 10.0. The van der Waals surface area contributed by atoms with Gasteiger partial charge in [-0.1, -0.05) is 35.6 Å². The van der Waals surface area contributed by atoms with Crippen molar-refractivity contribution >= 4 is 27.5 Å². The summed E-state index contributed by atoms with van der Waals surface area (Å²) in [4.78, 5) is 17.1. The van der Waals surface area contributed by atoms with E-state index in [1.807, 2.05) is 12.1 Å². The van der Waals surface area contributed by atoms with E-state index < -0.39 is 0 Å². The Morgan fingerprint density at radius 2 is 2.09 bits per heavy atom. The summed E-state index contributed by atoms with van der Waals surface area (Å²) in [6.07, 6.45) is 1.66. The highest BCUT2D eigenvalue weighted by Gasteiger charge is 2.13. The van der Waals surface area contributed by atoms with E-state index in [1.165, 1.54) is 27.0 Å². The van der Waals surface area contributed by atoms with Crippen LogP contribution in [-0.4, -0.2) is 30.0 Å². The summed E-state index contributed by atoms with van der Waals surface area (Å²) >= 11 is 1.41. The largest absolute Gasteiger partial charge is 0.305 e. The van der Waals surface area contributed by atoms with Crippen LogP contribution >= 0.6 is 11.3 Å². The molecule has 1 N–H and O–H groups in total. The molecule has 0 unspecified atom stereocenters. The fourth-order valence-corrected chi connectivity index (χ4v) is 3.28. The quantitative estimate of drug-likeness (QED) is 0.619. The Labute approximate surface area is 128 Å². The molecule has 7 nitrogen and oxygen atoms in total. The molecule has 0 radical (unpaired) electrons. The molecule has 3 aromatic heterocycles. The zero-order valence-electron chi connectivity index (χ0n) is 11.8. The number of fused-ring (bicyclic) bond motifs is 2. The molecule has 3 heterocycles. The van der Waals surface area contributed by atoms with Gasteiger partial charge in [0.25, 0.3) is 0 Å². The molecule has 0 atom stereocenters. The summed E-state index contributed by atoms with van der Waals surface area (Å²) in [6.45, 7) is 2.10. The van der Waals surface area contributed by atoms with Gasteiger partial charge in [0, 0.05) is 6.42 Å². The first-order chi connectivity index (χ1) is 10.7. The van der Waals surface area contributed by atoms with Gasteiger partial charge in [0.05, 0.1) is 0 Å². The molecule has 4 rings (SSSR count). The summed E-state index contributed by atoms with van der Waals surface area (Å²) in [5.74, 6) is 0. The van der Waals surface area contributed by atoms with Crippen LogP contribution < -0.4 is 5.56 Å². The van der Waals surface area contributed by atoms with Crippen LogP contribution in [0.4, 0.5) is 0 Å². The van der Waals surface area contributed by atoms with Gasteiger partial charge < -0.3 is 0 Å². The monoisotopic (exact) mass is 312 g/mol. The van der Waals surface area contributed by atoms with Crippen LogP contribution in [0.15, 0.2) is 29.1 Å². The molecule has 4 aromatic rings. The minimum Gasteiger partial charge on any atom is -0.265 e. The van der Waals surface area contributed by atoms with E-state index in [9.17, 15) is 4.79 Å². The molecule has 8 heteroatoms. The molecule has 22 heavy (non-hydrogen) atoms. The zero-order chi connectivity index (χ0) is 15.1. The van der Waals surface area contributed by atoms with Gasteiger partial charge in [0.15, 0.2) is 5.52 Å². The number of hydrogen-bond donors (Lipinski definition) is 1. The lowest BCUT2D eigenvalue weighted by molar-refractivity contribution is 0.837. The highest BCUT2D eigenvalue weighted by atomic mass is 32.1. The lowest BCUT2D eigenvalue weighted by Gasteiger charge is -2.02. The van der Waals surface area contributed by atoms with Crippen LogP contribution in [-0.2, 0) is 12.8 Å². The molecule has 0 saturated carbocycles. The number of nitrogens with zero attached hydrogens (tertiary/aromatic N) is 5.